The van der Waals surface area contributed by atoms with E-state index in [-0.39, 0.29) is 5.91 Å². The standard InChI is InChI=1S/C18H35N3O/c1-14(2)16-5-7-17(8-6-16)20-9-11-21(12-10-20)18(22)13-19-15(3)4/h14-17,19H,5-13H2,1-4H3. The number of carbonyl (C=O) groups excluding carboxylic acids is 1. The van der Waals surface area contributed by atoms with Crippen LogP contribution < -0.4 is 5.32 Å². The third-order valence-corrected chi connectivity index (χ3v) is 5.53. The molecule has 0 bridgehead atoms. The van der Waals surface area contributed by atoms with Gasteiger partial charge in [-0.2, -0.15) is 0 Å². The zero-order valence-electron chi connectivity index (χ0n) is 15.0. The Morgan fingerprint density at radius 1 is 1.00 bits per heavy atom. The van der Waals surface area contributed by atoms with E-state index in [2.05, 4.69) is 37.9 Å². The summed E-state index contributed by atoms with van der Waals surface area (Å²) in [5, 5.41) is 3.23. The first-order chi connectivity index (χ1) is 10.5. The van der Waals surface area contributed by atoms with Crippen LogP contribution in [0.3, 0.4) is 0 Å². The lowest BCUT2D eigenvalue weighted by Crippen LogP contribution is -2.54. The molecule has 1 N–H and O–H groups in total. The van der Waals surface area contributed by atoms with E-state index in [1.54, 1.807) is 0 Å². The summed E-state index contributed by atoms with van der Waals surface area (Å²) in [6, 6.07) is 1.14. The van der Waals surface area contributed by atoms with Crippen LogP contribution in [0.2, 0.25) is 0 Å². The first-order valence-corrected chi connectivity index (χ1v) is 9.22. The predicted octanol–water partition coefficient (Wildman–Crippen LogP) is 2.34. The molecule has 0 aromatic heterocycles. The molecule has 1 saturated heterocycles. The fourth-order valence-corrected chi connectivity index (χ4v) is 3.87. The summed E-state index contributed by atoms with van der Waals surface area (Å²) in [6.45, 7) is 13.3. The van der Waals surface area contributed by atoms with Gasteiger partial charge in [-0.25, -0.2) is 0 Å². The minimum Gasteiger partial charge on any atom is -0.339 e. The lowest BCUT2D eigenvalue weighted by Gasteiger charge is -2.42. The molecule has 4 heteroatoms. The fraction of sp³-hybridized carbons (Fsp3) is 0.944. The Balaban J connectivity index is 1.70. The molecule has 128 valence electrons. The number of rotatable bonds is 5. The third-order valence-electron chi connectivity index (χ3n) is 5.53. The van der Waals surface area contributed by atoms with E-state index >= 15 is 0 Å². The van der Waals surface area contributed by atoms with Crippen molar-refractivity contribution in [1.82, 2.24) is 15.1 Å². The molecule has 1 amide bonds. The molecule has 22 heavy (non-hydrogen) atoms. The van der Waals surface area contributed by atoms with E-state index in [9.17, 15) is 4.79 Å². The average Bonchev–Trinajstić information content (AvgIpc) is 2.53. The summed E-state index contributed by atoms with van der Waals surface area (Å²) in [5.41, 5.74) is 0. The average molecular weight is 309 g/mol. The van der Waals surface area contributed by atoms with Gasteiger partial charge in [0, 0.05) is 38.3 Å². The topological polar surface area (TPSA) is 35.6 Å². The maximum atomic E-state index is 12.1. The van der Waals surface area contributed by atoms with Gasteiger partial charge in [0.1, 0.15) is 0 Å². The van der Waals surface area contributed by atoms with Crippen LogP contribution in [-0.2, 0) is 4.79 Å². The Bertz CT molecular complexity index is 340. The summed E-state index contributed by atoms with van der Waals surface area (Å²) in [6.07, 6.45) is 5.48. The van der Waals surface area contributed by atoms with E-state index < -0.39 is 0 Å². The van der Waals surface area contributed by atoms with Crippen molar-refractivity contribution < 1.29 is 4.79 Å². The quantitative estimate of drug-likeness (QED) is 0.847. The number of piperazine rings is 1. The molecule has 0 unspecified atom stereocenters. The van der Waals surface area contributed by atoms with E-state index in [0.717, 1.165) is 44.1 Å². The highest BCUT2D eigenvalue weighted by Gasteiger charge is 2.30. The van der Waals surface area contributed by atoms with Crippen molar-refractivity contribution in [3.05, 3.63) is 0 Å². The molecular weight excluding hydrogens is 274 g/mol. The molecular formula is C18H35N3O. The van der Waals surface area contributed by atoms with Crippen molar-refractivity contribution in [3.8, 4) is 0 Å². The second-order valence-corrected chi connectivity index (χ2v) is 7.76. The van der Waals surface area contributed by atoms with Crippen LogP contribution >= 0.6 is 0 Å². The molecule has 2 fully saturated rings. The second kappa shape index (κ2) is 8.30. The molecule has 0 radical (unpaired) electrons. The van der Waals surface area contributed by atoms with Gasteiger partial charge in [-0.3, -0.25) is 9.69 Å². The Morgan fingerprint density at radius 2 is 1.59 bits per heavy atom. The molecule has 0 atom stereocenters. The largest absolute Gasteiger partial charge is 0.339 e. The predicted molar refractivity (Wildman–Crippen MR) is 91.9 cm³/mol. The molecule has 4 nitrogen and oxygen atoms in total. The molecule has 2 rings (SSSR count). The summed E-state index contributed by atoms with van der Waals surface area (Å²) in [5.74, 6) is 2.03. The first-order valence-electron chi connectivity index (χ1n) is 9.22. The normalized spacial score (nSPS) is 27.6. The molecule has 1 saturated carbocycles. The van der Waals surface area contributed by atoms with Gasteiger partial charge >= 0.3 is 0 Å². The van der Waals surface area contributed by atoms with E-state index in [1.165, 1.54) is 25.7 Å². The number of carbonyl (C=O) groups is 1. The molecule has 1 heterocycles. The van der Waals surface area contributed by atoms with Gasteiger partial charge in [-0.1, -0.05) is 27.7 Å². The zero-order chi connectivity index (χ0) is 16.1. The number of hydrogen-bond acceptors (Lipinski definition) is 3. The lowest BCUT2D eigenvalue weighted by molar-refractivity contribution is -0.132. The fourth-order valence-electron chi connectivity index (χ4n) is 3.87. The van der Waals surface area contributed by atoms with Crippen LogP contribution in [0, 0.1) is 11.8 Å². The summed E-state index contributed by atoms with van der Waals surface area (Å²) in [7, 11) is 0. The van der Waals surface area contributed by atoms with Gasteiger partial charge in [0.15, 0.2) is 0 Å². The van der Waals surface area contributed by atoms with E-state index in [0.29, 0.717) is 12.6 Å². The molecule has 1 aliphatic heterocycles. The maximum absolute atomic E-state index is 12.1. The van der Waals surface area contributed by atoms with Crippen LogP contribution in [0.5, 0.6) is 0 Å². The number of hydrogen-bond donors (Lipinski definition) is 1. The van der Waals surface area contributed by atoms with Crippen LogP contribution in [0.1, 0.15) is 53.4 Å². The summed E-state index contributed by atoms with van der Waals surface area (Å²) >= 11 is 0. The van der Waals surface area contributed by atoms with Crippen LogP contribution in [0.25, 0.3) is 0 Å². The molecule has 0 spiro atoms. The third kappa shape index (κ3) is 4.95. The molecule has 1 aliphatic carbocycles. The Morgan fingerprint density at radius 3 is 2.09 bits per heavy atom. The van der Waals surface area contributed by atoms with Crippen LogP contribution in [0.4, 0.5) is 0 Å². The Kier molecular flexibility index (Phi) is 6.69. The van der Waals surface area contributed by atoms with Crippen molar-refractivity contribution in [3.63, 3.8) is 0 Å². The van der Waals surface area contributed by atoms with E-state index in [4.69, 9.17) is 0 Å². The summed E-state index contributed by atoms with van der Waals surface area (Å²) < 4.78 is 0. The maximum Gasteiger partial charge on any atom is 0.236 e. The highest BCUT2D eigenvalue weighted by Crippen LogP contribution is 2.32. The van der Waals surface area contributed by atoms with Crippen molar-refractivity contribution in [1.29, 1.82) is 0 Å². The van der Waals surface area contributed by atoms with Crippen LogP contribution in [0.15, 0.2) is 0 Å². The SMILES string of the molecule is CC(C)NCC(=O)N1CCN(C2CCC(C(C)C)CC2)CC1. The number of nitrogens with one attached hydrogen (secondary N) is 1. The second-order valence-electron chi connectivity index (χ2n) is 7.76. The van der Waals surface area contributed by atoms with Gasteiger partial charge in [-0.05, 0) is 37.5 Å². The number of amides is 1. The van der Waals surface area contributed by atoms with Gasteiger partial charge in [0.2, 0.25) is 5.91 Å². The lowest BCUT2D eigenvalue weighted by atomic mass is 9.79. The minimum atomic E-state index is 0.261. The zero-order valence-corrected chi connectivity index (χ0v) is 15.0. The van der Waals surface area contributed by atoms with Gasteiger partial charge in [0.25, 0.3) is 0 Å². The summed E-state index contributed by atoms with van der Waals surface area (Å²) in [4.78, 5) is 16.8. The van der Waals surface area contributed by atoms with Crippen molar-refractivity contribution >= 4 is 5.91 Å². The molecule has 0 aromatic carbocycles. The van der Waals surface area contributed by atoms with E-state index in [1.807, 2.05) is 4.90 Å². The Hall–Kier alpha value is -0.610. The van der Waals surface area contributed by atoms with Gasteiger partial charge in [0.05, 0.1) is 6.54 Å². The minimum absolute atomic E-state index is 0.261. The monoisotopic (exact) mass is 309 g/mol. The number of nitrogens with zero attached hydrogens (tertiary/aromatic N) is 2. The van der Waals surface area contributed by atoms with Crippen molar-refractivity contribution in [2.45, 2.75) is 65.5 Å². The highest BCUT2D eigenvalue weighted by molar-refractivity contribution is 5.78. The Labute approximate surface area is 136 Å². The van der Waals surface area contributed by atoms with Crippen LogP contribution in [-0.4, -0.2) is 60.5 Å². The highest BCUT2D eigenvalue weighted by atomic mass is 16.2. The van der Waals surface area contributed by atoms with Gasteiger partial charge in [-0.15, -0.1) is 0 Å². The van der Waals surface area contributed by atoms with Gasteiger partial charge < -0.3 is 10.2 Å². The molecule has 2 aliphatic rings. The smallest absolute Gasteiger partial charge is 0.236 e. The van der Waals surface area contributed by atoms with Crippen molar-refractivity contribution in [2.24, 2.45) is 11.8 Å². The van der Waals surface area contributed by atoms with Crippen molar-refractivity contribution in [2.75, 3.05) is 32.7 Å². The first kappa shape index (κ1) is 17.7. The molecule has 0 aromatic rings.